The number of nitrogens with zero attached hydrogens (tertiary/aromatic N) is 1. The van der Waals surface area contributed by atoms with Crippen LogP contribution in [0.2, 0.25) is 0 Å². The zero-order chi connectivity index (χ0) is 18.7. The number of amides is 1. The van der Waals surface area contributed by atoms with Crippen molar-refractivity contribution in [1.82, 2.24) is 10.4 Å². The molecule has 1 N–H and O–H groups in total. The second-order valence-electron chi connectivity index (χ2n) is 6.78. The molecule has 1 amide bonds. The van der Waals surface area contributed by atoms with Crippen LogP contribution in [0.3, 0.4) is 0 Å². The molecule has 1 fully saturated rings. The lowest BCUT2D eigenvalue weighted by atomic mass is 9.95. The highest BCUT2D eigenvalue weighted by atomic mass is 19.4. The minimum atomic E-state index is -4.48. The minimum absolute atomic E-state index is 0.0501. The largest absolute Gasteiger partial charge is 0.409 e. The van der Waals surface area contributed by atoms with Gasteiger partial charge in [-0.2, -0.15) is 13.2 Å². The van der Waals surface area contributed by atoms with E-state index in [4.69, 9.17) is 0 Å². The van der Waals surface area contributed by atoms with Crippen LogP contribution in [0.5, 0.6) is 0 Å². The van der Waals surface area contributed by atoms with Crippen LogP contribution in [0.1, 0.15) is 49.8 Å². The van der Waals surface area contributed by atoms with E-state index in [2.05, 4.69) is 12.3 Å². The average molecular weight is 364 g/mol. The molecule has 26 heavy (non-hydrogen) atoms. The number of carbonyl (C=O) groups excluding carboxylic acids is 1. The number of rotatable bonds is 6. The molecule has 0 aliphatic carbocycles. The molecule has 0 spiro atoms. The molecule has 0 saturated carbocycles. The summed E-state index contributed by atoms with van der Waals surface area (Å²) in [6, 6.07) is 8.83. The van der Waals surface area contributed by atoms with Crippen LogP contribution < -0.4 is 5.43 Å². The zero-order valence-electron chi connectivity index (χ0n) is 14.8. The maximum Gasteiger partial charge on any atom is 0.409 e. The summed E-state index contributed by atoms with van der Waals surface area (Å²) in [5.41, 5.74) is 3.66. The van der Waals surface area contributed by atoms with E-state index in [9.17, 15) is 18.0 Å². The van der Waals surface area contributed by atoms with E-state index in [1.165, 1.54) is 6.07 Å². The first-order chi connectivity index (χ1) is 12.4. The Labute approximate surface area is 151 Å². The number of hydrogen-bond donors (Lipinski definition) is 1. The molecule has 2 aromatic rings. The van der Waals surface area contributed by atoms with Crippen molar-refractivity contribution in [2.75, 3.05) is 6.54 Å². The quantitative estimate of drug-likeness (QED) is 0.739. The normalized spacial score (nSPS) is 16.8. The molecular formula is C20H23F3N2O. The lowest BCUT2D eigenvalue weighted by Crippen LogP contribution is -2.43. The molecule has 1 aliphatic rings. The standard InChI is InChI=1S/C20H23F3N2O/c1-2-3-4-6-14-9-10-16-15(13-14)7-5-8-17(16)19(20(21,22)23)25-12-11-18(26)24-25/h5,7-10,13,19H,2-4,6,11-12H2,1H3,(H,24,26). The predicted molar refractivity (Wildman–Crippen MR) is 95.4 cm³/mol. The third-order valence-electron chi connectivity index (χ3n) is 4.81. The van der Waals surface area contributed by atoms with Gasteiger partial charge in [0, 0.05) is 13.0 Å². The number of fused-ring (bicyclic) bond motifs is 1. The highest BCUT2D eigenvalue weighted by Crippen LogP contribution is 2.40. The second-order valence-corrected chi connectivity index (χ2v) is 6.78. The second kappa shape index (κ2) is 7.66. The predicted octanol–water partition coefficient (Wildman–Crippen LogP) is 4.91. The molecule has 1 heterocycles. The van der Waals surface area contributed by atoms with Gasteiger partial charge in [0.05, 0.1) is 0 Å². The van der Waals surface area contributed by atoms with Gasteiger partial charge in [0.25, 0.3) is 0 Å². The fraction of sp³-hybridized carbons (Fsp3) is 0.450. The summed E-state index contributed by atoms with van der Waals surface area (Å²) in [5, 5.41) is 2.39. The van der Waals surface area contributed by atoms with Gasteiger partial charge in [-0.25, -0.2) is 5.01 Å². The van der Waals surface area contributed by atoms with Crippen LogP contribution in [0.25, 0.3) is 10.8 Å². The molecule has 140 valence electrons. The molecular weight excluding hydrogens is 341 g/mol. The fourth-order valence-corrected chi connectivity index (χ4v) is 3.54. The maximum absolute atomic E-state index is 13.8. The third-order valence-corrected chi connectivity index (χ3v) is 4.81. The molecule has 2 aromatic carbocycles. The number of halogens is 3. The van der Waals surface area contributed by atoms with Gasteiger partial charge in [-0.3, -0.25) is 10.2 Å². The Bertz CT molecular complexity index is 788. The van der Waals surface area contributed by atoms with Crippen molar-refractivity contribution in [3.05, 3.63) is 47.5 Å². The third kappa shape index (κ3) is 4.01. The average Bonchev–Trinajstić information content (AvgIpc) is 3.00. The molecule has 3 nitrogen and oxygen atoms in total. The van der Waals surface area contributed by atoms with Gasteiger partial charge >= 0.3 is 6.18 Å². The molecule has 1 atom stereocenters. The van der Waals surface area contributed by atoms with Gasteiger partial charge in [0.2, 0.25) is 5.91 Å². The van der Waals surface area contributed by atoms with Gasteiger partial charge in [-0.1, -0.05) is 56.2 Å². The van der Waals surface area contributed by atoms with Crippen molar-refractivity contribution in [3.63, 3.8) is 0 Å². The maximum atomic E-state index is 13.8. The van der Waals surface area contributed by atoms with Gasteiger partial charge in [-0.15, -0.1) is 0 Å². The Balaban J connectivity index is 1.98. The summed E-state index contributed by atoms with van der Waals surface area (Å²) in [5.74, 6) is -0.377. The van der Waals surface area contributed by atoms with Crippen molar-refractivity contribution >= 4 is 16.7 Å². The van der Waals surface area contributed by atoms with E-state index < -0.39 is 12.2 Å². The number of benzene rings is 2. The SMILES string of the molecule is CCCCCc1ccc2c(C(N3CCC(=O)N3)C(F)(F)F)cccc2c1. The molecule has 3 rings (SSSR count). The Hall–Kier alpha value is -2.08. The van der Waals surface area contributed by atoms with E-state index in [1.54, 1.807) is 12.1 Å². The number of unbranched alkanes of at least 4 members (excludes halogenated alkanes) is 2. The number of alkyl halides is 3. The van der Waals surface area contributed by atoms with Crippen LogP contribution in [0.15, 0.2) is 36.4 Å². The Morgan fingerprint density at radius 3 is 2.65 bits per heavy atom. The Morgan fingerprint density at radius 2 is 2.00 bits per heavy atom. The molecule has 1 aliphatic heterocycles. The lowest BCUT2D eigenvalue weighted by molar-refractivity contribution is -0.190. The van der Waals surface area contributed by atoms with Crippen LogP contribution in [0.4, 0.5) is 13.2 Å². The van der Waals surface area contributed by atoms with Gasteiger partial charge in [0.1, 0.15) is 0 Å². The number of carbonyl (C=O) groups is 1. The van der Waals surface area contributed by atoms with Crippen molar-refractivity contribution < 1.29 is 18.0 Å². The first-order valence-corrected chi connectivity index (χ1v) is 9.04. The van der Waals surface area contributed by atoms with E-state index in [1.807, 2.05) is 18.2 Å². The van der Waals surface area contributed by atoms with Crippen LogP contribution >= 0.6 is 0 Å². The Morgan fingerprint density at radius 1 is 1.19 bits per heavy atom. The van der Waals surface area contributed by atoms with Crippen LogP contribution in [-0.4, -0.2) is 23.6 Å². The molecule has 0 radical (unpaired) electrons. The van der Waals surface area contributed by atoms with E-state index >= 15 is 0 Å². The first kappa shape index (κ1) is 18.7. The summed E-state index contributed by atoms with van der Waals surface area (Å²) in [7, 11) is 0. The van der Waals surface area contributed by atoms with E-state index in [0.29, 0.717) is 5.39 Å². The minimum Gasteiger partial charge on any atom is -0.288 e. The van der Waals surface area contributed by atoms with Gasteiger partial charge in [-0.05, 0) is 34.7 Å². The van der Waals surface area contributed by atoms with E-state index in [-0.39, 0.29) is 24.4 Å². The fourth-order valence-electron chi connectivity index (χ4n) is 3.54. The monoisotopic (exact) mass is 364 g/mol. The number of aryl methyl sites for hydroxylation is 1. The smallest absolute Gasteiger partial charge is 0.288 e. The summed E-state index contributed by atoms with van der Waals surface area (Å²) in [6.07, 6.45) is -0.119. The van der Waals surface area contributed by atoms with Crippen molar-refractivity contribution in [2.24, 2.45) is 0 Å². The summed E-state index contributed by atoms with van der Waals surface area (Å²) >= 11 is 0. The van der Waals surface area contributed by atoms with Crippen LogP contribution in [0, 0.1) is 0 Å². The molecule has 0 aromatic heterocycles. The van der Waals surface area contributed by atoms with Crippen molar-refractivity contribution in [2.45, 2.75) is 51.2 Å². The summed E-state index contributed by atoms with van der Waals surface area (Å²) in [4.78, 5) is 11.4. The number of nitrogens with one attached hydrogen (secondary N) is 1. The van der Waals surface area contributed by atoms with Crippen molar-refractivity contribution in [1.29, 1.82) is 0 Å². The van der Waals surface area contributed by atoms with Gasteiger partial charge < -0.3 is 0 Å². The van der Waals surface area contributed by atoms with E-state index in [0.717, 1.165) is 41.6 Å². The highest BCUT2D eigenvalue weighted by molar-refractivity contribution is 5.87. The summed E-state index contributed by atoms with van der Waals surface area (Å²) < 4.78 is 41.4. The molecule has 0 bridgehead atoms. The topological polar surface area (TPSA) is 32.3 Å². The number of hydrazine groups is 1. The van der Waals surface area contributed by atoms with Crippen LogP contribution in [-0.2, 0) is 11.2 Å². The first-order valence-electron chi connectivity index (χ1n) is 9.04. The molecule has 1 saturated heterocycles. The Kier molecular flexibility index (Phi) is 5.51. The number of hydrogen-bond acceptors (Lipinski definition) is 2. The zero-order valence-corrected chi connectivity index (χ0v) is 14.8. The lowest BCUT2D eigenvalue weighted by Gasteiger charge is -2.30. The van der Waals surface area contributed by atoms with Gasteiger partial charge in [0.15, 0.2) is 6.04 Å². The molecule has 6 heteroatoms. The van der Waals surface area contributed by atoms with Crippen molar-refractivity contribution in [3.8, 4) is 0 Å². The summed E-state index contributed by atoms with van der Waals surface area (Å²) in [6.45, 7) is 2.19. The highest BCUT2D eigenvalue weighted by Gasteiger charge is 2.47. The molecule has 1 unspecified atom stereocenters.